The number of halogens is 1. The third-order valence-corrected chi connectivity index (χ3v) is 2.29. The van der Waals surface area contributed by atoms with E-state index < -0.39 is 0 Å². The minimum atomic E-state index is -0.291. The van der Waals surface area contributed by atoms with Crippen molar-refractivity contribution in [1.82, 2.24) is 5.32 Å². The standard InChI is InChI=1S/C12H17FN2O/c1-9(6-7-14)15-12(16)8-10-2-4-11(13)5-3-10/h2-5,9H,6-8,14H2,1H3,(H,15,16). The molecule has 0 saturated heterocycles. The van der Waals surface area contributed by atoms with Crippen molar-refractivity contribution in [3.05, 3.63) is 35.6 Å². The molecule has 0 bridgehead atoms. The Morgan fingerprint density at radius 2 is 2.06 bits per heavy atom. The summed E-state index contributed by atoms with van der Waals surface area (Å²) < 4.78 is 12.6. The van der Waals surface area contributed by atoms with Crippen LogP contribution in [0.2, 0.25) is 0 Å². The predicted molar refractivity (Wildman–Crippen MR) is 61.4 cm³/mol. The first-order valence-corrected chi connectivity index (χ1v) is 5.35. The van der Waals surface area contributed by atoms with Gasteiger partial charge in [0.05, 0.1) is 6.42 Å². The minimum absolute atomic E-state index is 0.0624. The third-order valence-electron chi connectivity index (χ3n) is 2.29. The number of hydrogen-bond acceptors (Lipinski definition) is 2. The molecule has 0 saturated carbocycles. The normalized spacial score (nSPS) is 12.2. The number of carbonyl (C=O) groups is 1. The summed E-state index contributed by atoms with van der Waals surface area (Å²) in [6.07, 6.45) is 1.03. The third kappa shape index (κ3) is 4.40. The average molecular weight is 224 g/mol. The lowest BCUT2D eigenvalue weighted by Crippen LogP contribution is -2.35. The molecule has 88 valence electrons. The van der Waals surface area contributed by atoms with Crippen LogP contribution in [0.5, 0.6) is 0 Å². The molecule has 0 spiro atoms. The lowest BCUT2D eigenvalue weighted by atomic mass is 10.1. The molecule has 0 aliphatic carbocycles. The fourth-order valence-electron chi connectivity index (χ4n) is 1.44. The first kappa shape index (κ1) is 12.6. The highest BCUT2D eigenvalue weighted by molar-refractivity contribution is 5.78. The van der Waals surface area contributed by atoms with Crippen LogP contribution in [0.15, 0.2) is 24.3 Å². The molecule has 4 heteroatoms. The van der Waals surface area contributed by atoms with E-state index in [2.05, 4.69) is 5.32 Å². The first-order valence-electron chi connectivity index (χ1n) is 5.35. The van der Waals surface area contributed by atoms with Gasteiger partial charge in [-0.15, -0.1) is 0 Å². The van der Waals surface area contributed by atoms with Crippen LogP contribution in [-0.4, -0.2) is 18.5 Å². The number of hydrogen-bond donors (Lipinski definition) is 2. The Hall–Kier alpha value is -1.42. The summed E-state index contributed by atoms with van der Waals surface area (Å²) in [6.45, 7) is 2.47. The van der Waals surface area contributed by atoms with Gasteiger partial charge in [0, 0.05) is 6.04 Å². The molecule has 0 aromatic heterocycles. The summed E-state index contributed by atoms with van der Waals surface area (Å²) in [6, 6.07) is 6.01. The van der Waals surface area contributed by atoms with Gasteiger partial charge in [0.15, 0.2) is 0 Å². The lowest BCUT2D eigenvalue weighted by molar-refractivity contribution is -0.121. The van der Waals surface area contributed by atoms with Gasteiger partial charge in [0.1, 0.15) is 5.82 Å². The zero-order chi connectivity index (χ0) is 12.0. The quantitative estimate of drug-likeness (QED) is 0.790. The second kappa shape index (κ2) is 6.23. The Bertz CT molecular complexity index is 337. The molecule has 1 atom stereocenters. The first-order chi connectivity index (χ1) is 7.61. The summed E-state index contributed by atoms with van der Waals surface area (Å²) >= 11 is 0. The number of benzene rings is 1. The Balaban J connectivity index is 2.42. The molecule has 1 amide bonds. The molecule has 3 N–H and O–H groups in total. The number of nitrogens with two attached hydrogens (primary N) is 1. The van der Waals surface area contributed by atoms with E-state index in [4.69, 9.17) is 5.73 Å². The summed E-state index contributed by atoms with van der Waals surface area (Å²) in [5.41, 5.74) is 6.19. The molecular weight excluding hydrogens is 207 g/mol. The molecule has 0 aliphatic heterocycles. The van der Waals surface area contributed by atoms with E-state index in [-0.39, 0.29) is 24.2 Å². The van der Waals surface area contributed by atoms with E-state index in [1.54, 1.807) is 12.1 Å². The molecule has 1 rings (SSSR count). The van der Waals surface area contributed by atoms with E-state index in [1.165, 1.54) is 12.1 Å². The summed E-state index contributed by atoms with van der Waals surface area (Å²) in [4.78, 5) is 11.5. The van der Waals surface area contributed by atoms with Crippen LogP contribution in [0.1, 0.15) is 18.9 Å². The van der Waals surface area contributed by atoms with Crippen molar-refractivity contribution in [2.75, 3.05) is 6.54 Å². The van der Waals surface area contributed by atoms with Crippen molar-refractivity contribution >= 4 is 5.91 Å². The van der Waals surface area contributed by atoms with Gasteiger partial charge in [-0.25, -0.2) is 4.39 Å². The Morgan fingerprint density at radius 3 is 2.62 bits per heavy atom. The second-order valence-electron chi connectivity index (χ2n) is 3.85. The van der Waals surface area contributed by atoms with Gasteiger partial charge in [-0.1, -0.05) is 12.1 Å². The highest BCUT2D eigenvalue weighted by atomic mass is 19.1. The topological polar surface area (TPSA) is 55.1 Å². The van der Waals surface area contributed by atoms with Gasteiger partial charge in [-0.3, -0.25) is 4.79 Å². The van der Waals surface area contributed by atoms with Crippen LogP contribution in [0.4, 0.5) is 4.39 Å². The number of amides is 1. The van der Waals surface area contributed by atoms with Crippen molar-refractivity contribution in [3.63, 3.8) is 0 Å². The Labute approximate surface area is 94.8 Å². The van der Waals surface area contributed by atoms with Crippen molar-refractivity contribution < 1.29 is 9.18 Å². The minimum Gasteiger partial charge on any atom is -0.353 e. The number of rotatable bonds is 5. The predicted octanol–water partition coefficient (Wildman–Crippen LogP) is 1.22. The fourth-order valence-corrected chi connectivity index (χ4v) is 1.44. The number of carbonyl (C=O) groups excluding carboxylic acids is 1. The monoisotopic (exact) mass is 224 g/mol. The zero-order valence-electron chi connectivity index (χ0n) is 9.37. The maximum absolute atomic E-state index is 12.6. The Kier molecular flexibility index (Phi) is 4.92. The molecule has 0 radical (unpaired) electrons. The summed E-state index contributed by atoms with van der Waals surface area (Å²) in [5.74, 6) is -0.354. The smallest absolute Gasteiger partial charge is 0.224 e. The van der Waals surface area contributed by atoms with E-state index in [9.17, 15) is 9.18 Å². The van der Waals surface area contributed by atoms with Gasteiger partial charge in [0.2, 0.25) is 5.91 Å². The molecule has 0 fully saturated rings. The van der Waals surface area contributed by atoms with E-state index in [1.807, 2.05) is 6.92 Å². The van der Waals surface area contributed by atoms with Gasteiger partial charge in [-0.2, -0.15) is 0 Å². The van der Waals surface area contributed by atoms with Crippen LogP contribution in [-0.2, 0) is 11.2 Å². The average Bonchev–Trinajstić information content (AvgIpc) is 2.21. The van der Waals surface area contributed by atoms with Gasteiger partial charge >= 0.3 is 0 Å². The van der Waals surface area contributed by atoms with Crippen molar-refractivity contribution in [3.8, 4) is 0 Å². The maximum atomic E-state index is 12.6. The van der Waals surface area contributed by atoms with Crippen LogP contribution >= 0.6 is 0 Å². The van der Waals surface area contributed by atoms with Crippen molar-refractivity contribution in [2.45, 2.75) is 25.8 Å². The maximum Gasteiger partial charge on any atom is 0.224 e. The van der Waals surface area contributed by atoms with Crippen LogP contribution in [0.25, 0.3) is 0 Å². The fraction of sp³-hybridized carbons (Fsp3) is 0.417. The van der Waals surface area contributed by atoms with Crippen LogP contribution in [0.3, 0.4) is 0 Å². The van der Waals surface area contributed by atoms with E-state index >= 15 is 0 Å². The van der Waals surface area contributed by atoms with Gasteiger partial charge in [-0.05, 0) is 37.6 Å². The SMILES string of the molecule is CC(CCN)NC(=O)Cc1ccc(F)cc1. The van der Waals surface area contributed by atoms with E-state index in [0.717, 1.165) is 12.0 Å². The summed E-state index contributed by atoms with van der Waals surface area (Å²) in [7, 11) is 0. The summed E-state index contributed by atoms with van der Waals surface area (Å²) in [5, 5.41) is 2.83. The largest absolute Gasteiger partial charge is 0.353 e. The highest BCUT2D eigenvalue weighted by Gasteiger charge is 2.07. The molecule has 1 unspecified atom stereocenters. The second-order valence-corrected chi connectivity index (χ2v) is 3.85. The van der Waals surface area contributed by atoms with Gasteiger partial charge < -0.3 is 11.1 Å². The molecule has 1 aromatic rings. The van der Waals surface area contributed by atoms with Crippen molar-refractivity contribution in [1.29, 1.82) is 0 Å². The Morgan fingerprint density at radius 1 is 1.44 bits per heavy atom. The van der Waals surface area contributed by atoms with Gasteiger partial charge in [0.25, 0.3) is 0 Å². The lowest BCUT2D eigenvalue weighted by Gasteiger charge is -2.12. The molecule has 1 aromatic carbocycles. The molecule has 0 heterocycles. The number of nitrogens with one attached hydrogen (secondary N) is 1. The zero-order valence-corrected chi connectivity index (χ0v) is 9.37. The highest BCUT2D eigenvalue weighted by Crippen LogP contribution is 2.03. The molecule has 0 aliphatic rings. The molecular formula is C12H17FN2O. The molecule has 3 nitrogen and oxygen atoms in total. The van der Waals surface area contributed by atoms with Crippen LogP contribution in [0, 0.1) is 5.82 Å². The molecule has 16 heavy (non-hydrogen) atoms. The van der Waals surface area contributed by atoms with Crippen LogP contribution < -0.4 is 11.1 Å². The van der Waals surface area contributed by atoms with E-state index in [0.29, 0.717) is 6.54 Å². The van der Waals surface area contributed by atoms with Crippen molar-refractivity contribution in [2.24, 2.45) is 5.73 Å².